The van der Waals surface area contributed by atoms with Crippen LogP contribution < -0.4 is 10.6 Å². The van der Waals surface area contributed by atoms with Crippen molar-refractivity contribution in [2.45, 2.75) is 65.0 Å². The fourth-order valence-electron chi connectivity index (χ4n) is 4.78. The molecule has 0 saturated carbocycles. The van der Waals surface area contributed by atoms with Crippen LogP contribution in [-0.4, -0.2) is 62.3 Å². The summed E-state index contributed by atoms with van der Waals surface area (Å²) in [5.74, 6) is 1.57. The lowest BCUT2D eigenvalue weighted by molar-refractivity contribution is 0.0529. The molecular weight excluding hydrogens is 487 g/mol. The molecule has 2 aliphatic heterocycles. The molecule has 30 heavy (non-hydrogen) atoms. The smallest absolute Gasteiger partial charge is 0.191 e. The van der Waals surface area contributed by atoms with Gasteiger partial charge in [-0.05, 0) is 57.6 Å². The quantitative estimate of drug-likeness (QED) is 0.334. The minimum atomic E-state index is 0. The molecule has 1 aromatic carbocycles. The van der Waals surface area contributed by atoms with Gasteiger partial charge in [-0.1, -0.05) is 31.2 Å². The molecule has 5 nitrogen and oxygen atoms in total. The maximum atomic E-state index is 5.71. The normalized spacial score (nSPS) is 24.5. The number of rotatable bonds is 6. The fourth-order valence-corrected chi connectivity index (χ4v) is 4.78. The average Bonchev–Trinajstić information content (AvgIpc) is 3.08. The summed E-state index contributed by atoms with van der Waals surface area (Å²) in [5, 5.41) is 7.23. The monoisotopic (exact) mass is 528 g/mol. The van der Waals surface area contributed by atoms with Gasteiger partial charge in [0, 0.05) is 50.3 Å². The van der Waals surface area contributed by atoms with Crippen LogP contribution in [0.25, 0.3) is 0 Å². The van der Waals surface area contributed by atoms with Crippen molar-refractivity contribution < 1.29 is 4.74 Å². The van der Waals surface area contributed by atoms with Crippen molar-refractivity contribution in [1.29, 1.82) is 0 Å². The van der Waals surface area contributed by atoms with Gasteiger partial charge in [0.2, 0.25) is 0 Å². The van der Waals surface area contributed by atoms with Crippen LogP contribution in [0.15, 0.2) is 29.3 Å². The Balaban J connectivity index is 0.00000320. The zero-order chi connectivity index (χ0) is 20.9. The molecule has 2 N–H and O–H groups in total. The van der Waals surface area contributed by atoms with Crippen molar-refractivity contribution in [2.75, 3.05) is 39.4 Å². The van der Waals surface area contributed by atoms with Crippen LogP contribution in [0.3, 0.4) is 0 Å². The number of likely N-dealkylation sites (tertiary alicyclic amines) is 1. The minimum Gasteiger partial charge on any atom is -0.381 e. The number of aryl methyl sites for hydroxylation is 1. The molecule has 2 heterocycles. The lowest BCUT2D eigenvalue weighted by Crippen LogP contribution is -2.47. The van der Waals surface area contributed by atoms with E-state index in [0.29, 0.717) is 18.0 Å². The molecule has 2 atom stereocenters. The van der Waals surface area contributed by atoms with E-state index >= 15 is 0 Å². The molecule has 1 aromatic rings. The first-order valence-corrected chi connectivity index (χ1v) is 11.4. The first kappa shape index (κ1) is 25.4. The molecule has 0 spiro atoms. The third-order valence-electron chi connectivity index (χ3n) is 6.74. The zero-order valence-electron chi connectivity index (χ0n) is 19.4. The standard InChI is InChI=1S/C24H40N4O.HI/c1-6-25-23(27-22-16-28(18(2)3)15-20(22)5)26-17-24(11-13-29-14-12-24)21-10-8-7-9-19(21)4;/h7-10,18,20,22H,6,11-17H2,1-5H3,(H2,25,26,27);1H. The van der Waals surface area contributed by atoms with Crippen LogP contribution in [0.1, 0.15) is 51.7 Å². The van der Waals surface area contributed by atoms with E-state index in [0.717, 1.165) is 58.2 Å². The van der Waals surface area contributed by atoms with Gasteiger partial charge in [0.1, 0.15) is 0 Å². The second-order valence-corrected chi connectivity index (χ2v) is 9.18. The van der Waals surface area contributed by atoms with Crippen LogP contribution in [0.2, 0.25) is 0 Å². The highest BCUT2D eigenvalue weighted by Crippen LogP contribution is 2.37. The summed E-state index contributed by atoms with van der Waals surface area (Å²) in [6, 6.07) is 9.83. The summed E-state index contributed by atoms with van der Waals surface area (Å²) < 4.78 is 5.71. The number of guanidine groups is 1. The molecule has 0 aromatic heterocycles. The van der Waals surface area contributed by atoms with Crippen molar-refractivity contribution in [2.24, 2.45) is 10.9 Å². The van der Waals surface area contributed by atoms with E-state index in [1.165, 1.54) is 11.1 Å². The minimum absolute atomic E-state index is 0. The highest BCUT2D eigenvalue weighted by molar-refractivity contribution is 14.0. The number of hydrogen-bond acceptors (Lipinski definition) is 3. The van der Waals surface area contributed by atoms with Crippen LogP contribution in [-0.2, 0) is 10.2 Å². The molecule has 2 saturated heterocycles. The van der Waals surface area contributed by atoms with Crippen LogP contribution >= 0.6 is 24.0 Å². The van der Waals surface area contributed by atoms with E-state index < -0.39 is 0 Å². The third kappa shape index (κ3) is 6.10. The third-order valence-corrected chi connectivity index (χ3v) is 6.74. The molecule has 0 aliphatic carbocycles. The van der Waals surface area contributed by atoms with Crippen molar-refractivity contribution >= 4 is 29.9 Å². The van der Waals surface area contributed by atoms with E-state index in [2.05, 4.69) is 74.4 Å². The van der Waals surface area contributed by atoms with E-state index in [1.807, 2.05) is 0 Å². The number of nitrogens with zero attached hydrogens (tertiary/aromatic N) is 2. The summed E-state index contributed by atoms with van der Waals surface area (Å²) in [7, 11) is 0. The van der Waals surface area contributed by atoms with E-state index in [9.17, 15) is 0 Å². The first-order chi connectivity index (χ1) is 13.9. The van der Waals surface area contributed by atoms with Crippen molar-refractivity contribution in [3.05, 3.63) is 35.4 Å². The van der Waals surface area contributed by atoms with Gasteiger partial charge < -0.3 is 15.4 Å². The lowest BCUT2D eigenvalue weighted by Gasteiger charge is -2.38. The Morgan fingerprint density at radius 1 is 1.23 bits per heavy atom. The average molecular weight is 529 g/mol. The van der Waals surface area contributed by atoms with Crippen molar-refractivity contribution in [1.82, 2.24) is 15.5 Å². The molecule has 0 radical (unpaired) electrons. The molecule has 0 amide bonds. The summed E-state index contributed by atoms with van der Waals surface area (Å²) in [4.78, 5) is 7.67. The van der Waals surface area contributed by atoms with E-state index in [4.69, 9.17) is 9.73 Å². The Morgan fingerprint density at radius 3 is 2.53 bits per heavy atom. The van der Waals surface area contributed by atoms with Gasteiger partial charge in [-0.2, -0.15) is 0 Å². The largest absolute Gasteiger partial charge is 0.381 e. The summed E-state index contributed by atoms with van der Waals surface area (Å²) in [5.41, 5.74) is 2.86. The topological polar surface area (TPSA) is 48.9 Å². The zero-order valence-corrected chi connectivity index (χ0v) is 21.7. The molecule has 0 bridgehead atoms. The lowest BCUT2D eigenvalue weighted by atomic mass is 9.72. The van der Waals surface area contributed by atoms with Gasteiger partial charge in [0.05, 0.1) is 6.54 Å². The van der Waals surface area contributed by atoms with Crippen LogP contribution in [0.4, 0.5) is 0 Å². The summed E-state index contributed by atoms with van der Waals surface area (Å²) >= 11 is 0. The van der Waals surface area contributed by atoms with E-state index in [1.54, 1.807) is 0 Å². The molecule has 170 valence electrons. The van der Waals surface area contributed by atoms with Crippen molar-refractivity contribution in [3.8, 4) is 0 Å². The van der Waals surface area contributed by atoms with Gasteiger partial charge in [0.25, 0.3) is 0 Å². The predicted octanol–water partition coefficient (Wildman–Crippen LogP) is 3.95. The van der Waals surface area contributed by atoms with Gasteiger partial charge in [-0.25, -0.2) is 0 Å². The Kier molecular flexibility index (Phi) is 9.88. The van der Waals surface area contributed by atoms with Crippen LogP contribution in [0.5, 0.6) is 0 Å². The molecule has 3 rings (SSSR count). The second kappa shape index (κ2) is 11.7. The van der Waals surface area contributed by atoms with Gasteiger partial charge in [-0.3, -0.25) is 9.89 Å². The Hall–Kier alpha value is -0.860. The number of aliphatic imine (C=N–C) groups is 1. The number of hydrogen-bond donors (Lipinski definition) is 2. The molecule has 2 unspecified atom stereocenters. The molecule has 6 heteroatoms. The van der Waals surface area contributed by atoms with Crippen molar-refractivity contribution in [3.63, 3.8) is 0 Å². The highest BCUT2D eigenvalue weighted by atomic mass is 127. The summed E-state index contributed by atoms with van der Waals surface area (Å²) in [6.07, 6.45) is 2.06. The second-order valence-electron chi connectivity index (χ2n) is 9.18. The predicted molar refractivity (Wildman–Crippen MR) is 137 cm³/mol. The Labute approximate surface area is 200 Å². The first-order valence-electron chi connectivity index (χ1n) is 11.4. The number of halogens is 1. The maximum Gasteiger partial charge on any atom is 0.191 e. The number of nitrogens with one attached hydrogen (secondary N) is 2. The molecule has 2 aliphatic rings. The fraction of sp³-hybridized carbons (Fsp3) is 0.708. The van der Waals surface area contributed by atoms with Gasteiger partial charge >= 0.3 is 0 Å². The molecular formula is C24H41IN4O. The Bertz CT molecular complexity index is 688. The maximum absolute atomic E-state index is 5.71. The Morgan fingerprint density at radius 2 is 1.93 bits per heavy atom. The SMILES string of the molecule is CCNC(=NCC1(c2ccccc2C)CCOCC1)NC1CN(C(C)C)CC1C.I. The van der Waals surface area contributed by atoms with E-state index in [-0.39, 0.29) is 29.4 Å². The van der Waals surface area contributed by atoms with Crippen LogP contribution in [0, 0.1) is 12.8 Å². The van der Waals surface area contributed by atoms with Gasteiger partial charge in [0.15, 0.2) is 5.96 Å². The number of ether oxygens (including phenoxy) is 1. The summed E-state index contributed by atoms with van der Waals surface area (Å²) in [6.45, 7) is 16.8. The number of benzene rings is 1. The highest BCUT2D eigenvalue weighted by Gasteiger charge is 2.36. The molecule has 2 fully saturated rings. The van der Waals surface area contributed by atoms with Gasteiger partial charge in [-0.15, -0.1) is 24.0 Å².